The Bertz CT molecular complexity index is 629. The normalized spacial score (nSPS) is 11.0. The van der Waals surface area contributed by atoms with E-state index in [0.717, 1.165) is 12.1 Å². The molecule has 1 N–H and O–H groups in total. The van der Waals surface area contributed by atoms with E-state index in [9.17, 15) is 13.2 Å². The van der Waals surface area contributed by atoms with Crippen molar-refractivity contribution >= 4 is 0 Å². The van der Waals surface area contributed by atoms with E-state index >= 15 is 0 Å². The van der Waals surface area contributed by atoms with Gasteiger partial charge in [0.05, 0.1) is 0 Å². The van der Waals surface area contributed by atoms with E-state index in [-0.39, 0.29) is 17.5 Å². The fourth-order valence-corrected chi connectivity index (χ4v) is 1.79. The lowest BCUT2D eigenvalue weighted by atomic mass is 10.2. The zero-order valence-corrected chi connectivity index (χ0v) is 11.8. The summed E-state index contributed by atoms with van der Waals surface area (Å²) in [5.74, 6) is -2.46. The molecule has 0 amide bonds. The highest BCUT2D eigenvalue weighted by Crippen LogP contribution is 2.30. The quantitative estimate of drug-likeness (QED) is 0.883. The van der Waals surface area contributed by atoms with Gasteiger partial charge in [-0.15, -0.1) is 0 Å². The third-order valence-electron chi connectivity index (χ3n) is 2.86. The molecule has 112 valence electrons. The van der Waals surface area contributed by atoms with E-state index in [1.165, 1.54) is 6.07 Å². The summed E-state index contributed by atoms with van der Waals surface area (Å²) in [6.45, 7) is 4.30. The van der Waals surface area contributed by atoms with Gasteiger partial charge in [-0.1, -0.05) is 26.0 Å². The van der Waals surface area contributed by atoms with Crippen molar-refractivity contribution in [2.75, 3.05) is 0 Å². The van der Waals surface area contributed by atoms with Crippen molar-refractivity contribution in [2.45, 2.75) is 26.4 Å². The SMILES string of the molecule is CC(C)NCc1cccc(F)c1Oc1ccc(F)cc1F. The molecule has 2 aromatic rings. The molecule has 0 saturated carbocycles. The predicted octanol–water partition coefficient (Wildman–Crippen LogP) is 4.39. The second-order valence-corrected chi connectivity index (χ2v) is 4.94. The van der Waals surface area contributed by atoms with Gasteiger partial charge in [-0.25, -0.2) is 13.2 Å². The fraction of sp³-hybridized carbons (Fsp3) is 0.250. The third-order valence-corrected chi connectivity index (χ3v) is 2.86. The van der Waals surface area contributed by atoms with E-state index in [2.05, 4.69) is 5.32 Å². The summed E-state index contributed by atoms with van der Waals surface area (Å²) in [4.78, 5) is 0. The molecule has 0 atom stereocenters. The maximum atomic E-state index is 13.9. The molecular formula is C16H16F3NO. The number of hydrogen-bond donors (Lipinski definition) is 1. The standard InChI is InChI=1S/C16H16F3NO/c1-10(2)20-9-11-4-3-5-13(18)16(11)21-15-7-6-12(17)8-14(15)19/h3-8,10,20H,9H2,1-2H3. The van der Waals surface area contributed by atoms with E-state index in [1.807, 2.05) is 13.8 Å². The van der Waals surface area contributed by atoms with Crippen molar-refractivity contribution in [2.24, 2.45) is 0 Å². The Hall–Kier alpha value is -2.01. The Balaban J connectivity index is 2.29. The van der Waals surface area contributed by atoms with E-state index in [4.69, 9.17) is 4.74 Å². The molecule has 0 aliphatic carbocycles. The average molecular weight is 295 g/mol. The highest BCUT2D eigenvalue weighted by molar-refractivity contribution is 5.39. The first kappa shape index (κ1) is 15.4. The lowest BCUT2D eigenvalue weighted by Crippen LogP contribution is -2.22. The van der Waals surface area contributed by atoms with Crippen LogP contribution in [-0.4, -0.2) is 6.04 Å². The van der Waals surface area contributed by atoms with Crippen LogP contribution < -0.4 is 10.1 Å². The summed E-state index contributed by atoms with van der Waals surface area (Å²) in [5, 5.41) is 3.14. The highest BCUT2D eigenvalue weighted by Gasteiger charge is 2.14. The molecule has 5 heteroatoms. The van der Waals surface area contributed by atoms with Crippen LogP contribution in [-0.2, 0) is 6.54 Å². The molecule has 2 nitrogen and oxygen atoms in total. The van der Waals surface area contributed by atoms with Crippen LogP contribution in [0.4, 0.5) is 13.2 Å². The number of para-hydroxylation sites is 1. The van der Waals surface area contributed by atoms with Crippen molar-refractivity contribution in [3.05, 3.63) is 59.4 Å². The number of benzene rings is 2. The predicted molar refractivity (Wildman–Crippen MR) is 74.8 cm³/mol. The van der Waals surface area contributed by atoms with Crippen LogP contribution >= 0.6 is 0 Å². The number of halogens is 3. The first-order valence-electron chi connectivity index (χ1n) is 6.61. The van der Waals surface area contributed by atoms with Crippen LogP contribution in [0.15, 0.2) is 36.4 Å². The number of ether oxygens (including phenoxy) is 1. The van der Waals surface area contributed by atoms with Gasteiger partial charge >= 0.3 is 0 Å². The molecule has 0 fully saturated rings. The van der Waals surface area contributed by atoms with Crippen LogP contribution in [0.2, 0.25) is 0 Å². The maximum absolute atomic E-state index is 13.9. The van der Waals surface area contributed by atoms with E-state index < -0.39 is 17.5 Å². The Morgan fingerprint density at radius 1 is 1.05 bits per heavy atom. The summed E-state index contributed by atoms with van der Waals surface area (Å²) in [5.41, 5.74) is 0.562. The van der Waals surface area contributed by atoms with Gasteiger partial charge in [0.25, 0.3) is 0 Å². The highest BCUT2D eigenvalue weighted by atomic mass is 19.1. The average Bonchev–Trinajstić information content (AvgIpc) is 2.42. The van der Waals surface area contributed by atoms with Crippen LogP contribution in [0.5, 0.6) is 11.5 Å². The maximum Gasteiger partial charge on any atom is 0.168 e. The minimum Gasteiger partial charge on any atom is -0.451 e. The molecule has 0 unspecified atom stereocenters. The van der Waals surface area contributed by atoms with Gasteiger partial charge in [-0.05, 0) is 18.2 Å². The zero-order valence-electron chi connectivity index (χ0n) is 11.8. The molecule has 2 aromatic carbocycles. The molecule has 0 radical (unpaired) electrons. The molecule has 21 heavy (non-hydrogen) atoms. The summed E-state index contributed by atoms with van der Waals surface area (Å²) in [6.07, 6.45) is 0. The van der Waals surface area contributed by atoms with Crippen LogP contribution in [0.25, 0.3) is 0 Å². The van der Waals surface area contributed by atoms with Gasteiger partial charge in [-0.3, -0.25) is 0 Å². The molecule has 0 spiro atoms. The monoisotopic (exact) mass is 295 g/mol. The summed E-state index contributed by atoms with van der Waals surface area (Å²) in [7, 11) is 0. The lowest BCUT2D eigenvalue weighted by molar-refractivity contribution is 0.404. The fourth-order valence-electron chi connectivity index (χ4n) is 1.79. The molecule has 0 bridgehead atoms. The Morgan fingerprint density at radius 2 is 1.81 bits per heavy atom. The molecule has 0 aliphatic heterocycles. The molecule has 0 aliphatic rings. The number of hydrogen-bond acceptors (Lipinski definition) is 2. The molecule has 0 heterocycles. The largest absolute Gasteiger partial charge is 0.451 e. The van der Waals surface area contributed by atoms with Crippen molar-refractivity contribution in [1.29, 1.82) is 0 Å². The minimum atomic E-state index is -0.874. The minimum absolute atomic E-state index is 0.0591. The Morgan fingerprint density at radius 3 is 2.48 bits per heavy atom. The summed E-state index contributed by atoms with van der Waals surface area (Å²) in [6, 6.07) is 7.58. The van der Waals surface area contributed by atoms with Gasteiger partial charge in [0.15, 0.2) is 23.1 Å². The van der Waals surface area contributed by atoms with Crippen molar-refractivity contribution in [3.63, 3.8) is 0 Å². The van der Waals surface area contributed by atoms with Gasteiger partial charge in [0.2, 0.25) is 0 Å². The lowest BCUT2D eigenvalue weighted by Gasteiger charge is -2.14. The number of rotatable bonds is 5. The Labute approximate surface area is 121 Å². The zero-order chi connectivity index (χ0) is 15.4. The molecule has 0 saturated heterocycles. The van der Waals surface area contributed by atoms with Crippen molar-refractivity contribution in [1.82, 2.24) is 5.32 Å². The first-order chi connectivity index (χ1) is 9.97. The molecular weight excluding hydrogens is 279 g/mol. The van der Waals surface area contributed by atoms with E-state index in [0.29, 0.717) is 18.2 Å². The van der Waals surface area contributed by atoms with Crippen LogP contribution in [0.3, 0.4) is 0 Å². The van der Waals surface area contributed by atoms with Gasteiger partial charge in [0, 0.05) is 24.2 Å². The van der Waals surface area contributed by atoms with Crippen molar-refractivity contribution < 1.29 is 17.9 Å². The van der Waals surface area contributed by atoms with Gasteiger partial charge in [0.1, 0.15) is 5.82 Å². The van der Waals surface area contributed by atoms with Crippen molar-refractivity contribution in [3.8, 4) is 11.5 Å². The van der Waals surface area contributed by atoms with Gasteiger partial charge < -0.3 is 10.1 Å². The second kappa shape index (κ2) is 6.63. The van der Waals surface area contributed by atoms with Crippen LogP contribution in [0.1, 0.15) is 19.4 Å². The first-order valence-corrected chi connectivity index (χ1v) is 6.61. The molecule has 0 aromatic heterocycles. The third kappa shape index (κ3) is 3.98. The summed E-state index contributed by atoms with van der Waals surface area (Å²) >= 11 is 0. The van der Waals surface area contributed by atoms with Crippen LogP contribution in [0, 0.1) is 17.5 Å². The smallest absolute Gasteiger partial charge is 0.168 e. The number of nitrogens with one attached hydrogen (secondary N) is 1. The van der Waals surface area contributed by atoms with Gasteiger partial charge in [-0.2, -0.15) is 0 Å². The topological polar surface area (TPSA) is 21.3 Å². The van der Waals surface area contributed by atoms with E-state index in [1.54, 1.807) is 12.1 Å². The summed E-state index contributed by atoms with van der Waals surface area (Å²) < 4.78 is 45.7. The second-order valence-electron chi connectivity index (χ2n) is 4.94. The molecule has 2 rings (SSSR count). The Kier molecular flexibility index (Phi) is 4.85.